The van der Waals surface area contributed by atoms with Crippen LogP contribution >= 0.6 is 0 Å². The van der Waals surface area contributed by atoms with Gasteiger partial charge in [-0.2, -0.15) is 4.98 Å². The van der Waals surface area contributed by atoms with Crippen molar-refractivity contribution < 1.29 is 9.47 Å². The largest absolute Gasteiger partial charge is 0.493 e. The lowest BCUT2D eigenvalue weighted by Crippen LogP contribution is -2.09. The molecule has 0 atom stereocenters. The van der Waals surface area contributed by atoms with Gasteiger partial charge < -0.3 is 20.5 Å². The van der Waals surface area contributed by atoms with Gasteiger partial charge in [0.25, 0.3) is 0 Å². The molecule has 0 aliphatic heterocycles. The molecule has 0 spiro atoms. The van der Waals surface area contributed by atoms with Crippen LogP contribution in [-0.2, 0) is 12.8 Å². The number of methoxy groups -OCH3 is 2. The number of anilines is 2. The number of unbranched alkanes of at least 4 members (excludes halogenated alkanes) is 2. The first-order valence-electron chi connectivity index (χ1n) is 9.24. The Morgan fingerprint density at radius 1 is 1.04 bits per heavy atom. The molecule has 0 unspecified atom stereocenters. The summed E-state index contributed by atoms with van der Waals surface area (Å²) >= 11 is 0. The molecule has 0 amide bonds. The first-order chi connectivity index (χ1) is 12.7. The fourth-order valence-corrected chi connectivity index (χ4v) is 2.92. The number of nitrogen functional groups attached to an aromatic ring is 1. The van der Waals surface area contributed by atoms with E-state index in [0.29, 0.717) is 5.95 Å². The predicted molar refractivity (Wildman–Crippen MR) is 106 cm³/mol. The summed E-state index contributed by atoms with van der Waals surface area (Å²) < 4.78 is 10.9. The molecule has 6 heteroatoms. The van der Waals surface area contributed by atoms with Gasteiger partial charge in [0, 0.05) is 18.3 Å². The highest BCUT2D eigenvalue weighted by molar-refractivity contribution is 5.47. The summed E-state index contributed by atoms with van der Waals surface area (Å²) in [6.45, 7) is 3.07. The summed E-state index contributed by atoms with van der Waals surface area (Å²) in [5.74, 6) is 2.78. The first kappa shape index (κ1) is 19.8. The minimum absolute atomic E-state index is 0.314. The van der Waals surface area contributed by atoms with E-state index in [4.69, 9.17) is 15.2 Å². The van der Waals surface area contributed by atoms with E-state index in [-0.39, 0.29) is 0 Å². The molecule has 2 rings (SSSR count). The lowest BCUT2D eigenvalue weighted by molar-refractivity contribution is 0.351. The van der Waals surface area contributed by atoms with Crippen LogP contribution in [0.15, 0.2) is 24.4 Å². The number of aryl methyl sites for hydroxylation is 2. The lowest BCUT2D eigenvalue weighted by Gasteiger charge is -2.13. The molecular weight excluding hydrogens is 328 g/mol. The summed E-state index contributed by atoms with van der Waals surface area (Å²) in [6.07, 6.45) is 8.03. The number of nitrogens with two attached hydrogens (primary N) is 1. The maximum atomic E-state index is 5.73. The maximum absolute atomic E-state index is 5.73. The minimum atomic E-state index is 0.314. The monoisotopic (exact) mass is 358 g/mol. The fraction of sp³-hybridized carbons (Fsp3) is 0.500. The second kappa shape index (κ2) is 10.5. The fourth-order valence-electron chi connectivity index (χ4n) is 2.92. The first-order valence-corrected chi connectivity index (χ1v) is 9.24. The van der Waals surface area contributed by atoms with Gasteiger partial charge in [0.05, 0.1) is 14.2 Å². The number of aromatic nitrogens is 2. The van der Waals surface area contributed by atoms with Crippen LogP contribution < -0.4 is 20.5 Å². The van der Waals surface area contributed by atoms with Crippen LogP contribution in [0.2, 0.25) is 0 Å². The highest BCUT2D eigenvalue weighted by Gasteiger charge is 2.10. The van der Waals surface area contributed by atoms with Crippen molar-refractivity contribution in [3.8, 4) is 11.5 Å². The van der Waals surface area contributed by atoms with E-state index in [0.717, 1.165) is 68.0 Å². The Labute approximate surface area is 156 Å². The van der Waals surface area contributed by atoms with Crippen molar-refractivity contribution in [3.05, 3.63) is 35.5 Å². The average molecular weight is 358 g/mol. The Morgan fingerprint density at radius 3 is 2.50 bits per heavy atom. The number of nitrogens with zero attached hydrogens (tertiary/aromatic N) is 2. The normalized spacial score (nSPS) is 10.6. The zero-order chi connectivity index (χ0) is 18.8. The van der Waals surface area contributed by atoms with Crippen molar-refractivity contribution in [2.45, 2.75) is 45.4 Å². The van der Waals surface area contributed by atoms with Crippen LogP contribution in [0.5, 0.6) is 11.5 Å². The third kappa shape index (κ3) is 5.51. The van der Waals surface area contributed by atoms with Gasteiger partial charge in [0.2, 0.25) is 5.95 Å². The number of ether oxygens (including phenoxy) is 2. The molecule has 1 aromatic carbocycles. The molecule has 6 nitrogen and oxygen atoms in total. The quantitative estimate of drug-likeness (QED) is 0.594. The lowest BCUT2D eigenvalue weighted by atomic mass is 10.0. The van der Waals surface area contributed by atoms with Crippen molar-refractivity contribution in [1.82, 2.24) is 9.97 Å². The summed E-state index contributed by atoms with van der Waals surface area (Å²) in [5, 5.41) is 3.38. The zero-order valence-corrected chi connectivity index (χ0v) is 16.0. The molecule has 2 aromatic rings. The molecule has 0 aliphatic rings. The molecular formula is C20H30N4O2. The minimum Gasteiger partial charge on any atom is -0.493 e. The van der Waals surface area contributed by atoms with E-state index >= 15 is 0 Å². The molecule has 0 saturated carbocycles. The molecule has 142 valence electrons. The molecule has 0 bridgehead atoms. The summed E-state index contributed by atoms with van der Waals surface area (Å²) in [6, 6.07) is 6.01. The number of hydrogen-bond acceptors (Lipinski definition) is 6. The van der Waals surface area contributed by atoms with Crippen LogP contribution in [0.1, 0.15) is 43.7 Å². The number of rotatable bonds is 11. The SMILES string of the molecule is CCCCNc1nc(N)ncc1CCCCc1cccc(OC)c1OC. The van der Waals surface area contributed by atoms with Crippen molar-refractivity contribution in [1.29, 1.82) is 0 Å². The van der Waals surface area contributed by atoms with Gasteiger partial charge in [-0.25, -0.2) is 4.98 Å². The van der Waals surface area contributed by atoms with Gasteiger partial charge in [0.15, 0.2) is 11.5 Å². The highest BCUT2D eigenvalue weighted by atomic mass is 16.5. The number of nitrogens with one attached hydrogen (secondary N) is 1. The number of hydrogen-bond donors (Lipinski definition) is 2. The van der Waals surface area contributed by atoms with E-state index in [1.807, 2.05) is 18.3 Å². The topological polar surface area (TPSA) is 82.3 Å². The third-order valence-corrected chi connectivity index (χ3v) is 4.33. The standard InChI is InChI=1S/C20H30N4O2/c1-4-5-13-22-19-16(14-23-20(21)24-19)10-7-6-9-15-11-8-12-17(25-2)18(15)26-3/h8,11-12,14H,4-7,9-10,13H2,1-3H3,(H3,21,22,23,24). The Kier molecular flexibility index (Phi) is 7.99. The molecule has 0 saturated heterocycles. The highest BCUT2D eigenvalue weighted by Crippen LogP contribution is 2.31. The van der Waals surface area contributed by atoms with E-state index in [2.05, 4.69) is 28.3 Å². The second-order valence-electron chi connectivity index (χ2n) is 6.24. The molecule has 3 N–H and O–H groups in total. The summed E-state index contributed by atoms with van der Waals surface area (Å²) in [7, 11) is 3.34. The van der Waals surface area contributed by atoms with Crippen molar-refractivity contribution >= 4 is 11.8 Å². The number of para-hydroxylation sites is 1. The van der Waals surface area contributed by atoms with Crippen LogP contribution in [0.3, 0.4) is 0 Å². The molecule has 1 aromatic heterocycles. The Morgan fingerprint density at radius 2 is 1.81 bits per heavy atom. The van der Waals surface area contributed by atoms with Gasteiger partial charge in [-0.1, -0.05) is 25.5 Å². The van der Waals surface area contributed by atoms with E-state index in [9.17, 15) is 0 Å². The summed E-state index contributed by atoms with van der Waals surface area (Å²) in [4.78, 5) is 8.50. The van der Waals surface area contributed by atoms with Crippen molar-refractivity contribution in [3.63, 3.8) is 0 Å². The van der Waals surface area contributed by atoms with Crippen molar-refractivity contribution in [2.24, 2.45) is 0 Å². The van der Waals surface area contributed by atoms with Gasteiger partial charge in [-0.15, -0.1) is 0 Å². The third-order valence-electron chi connectivity index (χ3n) is 4.33. The molecule has 0 radical (unpaired) electrons. The average Bonchev–Trinajstić information content (AvgIpc) is 2.66. The summed E-state index contributed by atoms with van der Waals surface area (Å²) in [5.41, 5.74) is 8.02. The van der Waals surface area contributed by atoms with Gasteiger partial charge in [0.1, 0.15) is 5.82 Å². The second-order valence-corrected chi connectivity index (χ2v) is 6.24. The maximum Gasteiger partial charge on any atom is 0.221 e. The Hall–Kier alpha value is -2.50. The zero-order valence-electron chi connectivity index (χ0n) is 16.0. The van der Waals surface area contributed by atoms with E-state index < -0.39 is 0 Å². The van der Waals surface area contributed by atoms with Crippen molar-refractivity contribution in [2.75, 3.05) is 31.8 Å². The Bertz CT molecular complexity index is 692. The predicted octanol–water partition coefficient (Wildman–Crippen LogP) is 3.85. The molecule has 0 fully saturated rings. The van der Waals surface area contributed by atoms with Crippen LogP contribution in [0.25, 0.3) is 0 Å². The van der Waals surface area contributed by atoms with Crippen LogP contribution in [-0.4, -0.2) is 30.7 Å². The Balaban J connectivity index is 1.92. The van der Waals surface area contributed by atoms with Gasteiger partial charge in [-0.3, -0.25) is 0 Å². The van der Waals surface area contributed by atoms with Crippen LogP contribution in [0.4, 0.5) is 11.8 Å². The number of benzene rings is 1. The smallest absolute Gasteiger partial charge is 0.221 e. The molecule has 1 heterocycles. The van der Waals surface area contributed by atoms with E-state index in [1.54, 1.807) is 14.2 Å². The van der Waals surface area contributed by atoms with E-state index in [1.165, 1.54) is 5.56 Å². The van der Waals surface area contributed by atoms with Gasteiger partial charge >= 0.3 is 0 Å². The van der Waals surface area contributed by atoms with Crippen LogP contribution in [0, 0.1) is 0 Å². The van der Waals surface area contributed by atoms with Gasteiger partial charge in [-0.05, 0) is 43.7 Å². The molecule has 0 aliphatic carbocycles. The molecule has 26 heavy (non-hydrogen) atoms.